The van der Waals surface area contributed by atoms with E-state index >= 15 is 0 Å². The minimum absolute atomic E-state index is 0.0856. The van der Waals surface area contributed by atoms with E-state index < -0.39 is 0 Å². The standard InChI is InChI=1S/C12H18N2O2S/c1-8-4-5-14(7-10(8)16-3)12-13-6-11(17-12)9(2)15/h6,8,10H,4-5,7H2,1-3H3. The predicted octanol–water partition coefficient (Wildman–Crippen LogP) is 2.21. The van der Waals surface area contributed by atoms with E-state index in [9.17, 15) is 4.79 Å². The number of nitrogens with zero attached hydrogens (tertiary/aromatic N) is 2. The van der Waals surface area contributed by atoms with Crippen molar-refractivity contribution in [2.45, 2.75) is 26.4 Å². The molecule has 1 saturated heterocycles. The molecule has 0 spiro atoms. The third-order valence-electron chi connectivity index (χ3n) is 3.30. The van der Waals surface area contributed by atoms with Crippen LogP contribution in [0, 0.1) is 5.92 Å². The molecule has 2 rings (SSSR count). The highest BCUT2D eigenvalue weighted by Crippen LogP contribution is 2.28. The molecule has 0 bridgehead atoms. The van der Waals surface area contributed by atoms with Crippen molar-refractivity contribution in [3.63, 3.8) is 0 Å². The number of carbonyl (C=O) groups excluding carboxylic acids is 1. The summed E-state index contributed by atoms with van der Waals surface area (Å²) in [4.78, 5) is 18.5. The van der Waals surface area contributed by atoms with Gasteiger partial charge in [0.25, 0.3) is 0 Å². The Balaban J connectivity index is 2.09. The van der Waals surface area contributed by atoms with E-state index in [-0.39, 0.29) is 11.9 Å². The Labute approximate surface area is 106 Å². The molecule has 1 aliphatic rings. The van der Waals surface area contributed by atoms with E-state index in [4.69, 9.17) is 4.74 Å². The van der Waals surface area contributed by atoms with E-state index in [1.807, 2.05) is 0 Å². The predicted molar refractivity (Wildman–Crippen MR) is 68.9 cm³/mol. The largest absolute Gasteiger partial charge is 0.379 e. The van der Waals surface area contributed by atoms with E-state index in [1.54, 1.807) is 20.2 Å². The molecule has 0 aliphatic carbocycles. The number of piperidine rings is 1. The van der Waals surface area contributed by atoms with Gasteiger partial charge in [-0.2, -0.15) is 0 Å². The van der Waals surface area contributed by atoms with Gasteiger partial charge in [-0.05, 0) is 12.3 Å². The van der Waals surface area contributed by atoms with Crippen LogP contribution >= 0.6 is 11.3 Å². The molecule has 0 aromatic carbocycles. The lowest BCUT2D eigenvalue weighted by atomic mass is 9.96. The Bertz CT molecular complexity index is 405. The maximum absolute atomic E-state index is 11.2. The molecule has 0 radical (unpaired) electrons. The number of ether oxygens (including phenoxy) is 1. The summed E-state index contributed by atoms with van der Waals surface area (Å²) in [5, 5.41) is 0.934. The van der Waals surface area contributed by atoms with Crippen molar-refractivity contribution in [3.05, 3.63) is 11.1 Å². The first kappa shape index (κ1) is 12.5. The second kappa shape index (κ2) is 5.14. The van der Waals surface area contributed by atoms with Crippen LogP contribution in [0.25, 0.3) is 0 Å². The topological polar surface area (TPSA) is 42.4 Å². The Morgan fingerprint density at radius 3 is 3.00 bits per heavy atom. The van der Waals surface area contributed by atoms with Crippen LogP contribution in [0.15, 0.2) is 6.20 Å². The number of anilines is 1. The van der Waals surface area contributed by atoms with Gasteiger partial charge in [-0.1, -0.05) is 18.3 Å². The molecule has 2 atom stereocenters. The number of hydrogen-bond donors (Lipinski definition) is 0. The Hall–Kier alpha value is -0.940. The van der Waals surface area contributed by atoms with Crippen LogP contribution in [0.4, 0.5) is 5.13 Å². The van der Waals surface area contributed by atoms with E-state index in [0.717, 1.165) is 29.5 Å². The number of carbonyl (C=O) groups is 1. The summed E-state index contributed by atoms with van der Waals surface area (Å²) in [7, 11) is 1.76. The van der Waals surface area contributed by atoms with Gasteiger partial charge >= 0.3 is 0 Å². The van der Waals surface area contributed by atoms with Crippen LogP contribution in [0.3, 0.4) is 0 Å². The van der Waals surface area contributed by atoms with Crippen LogP contribution in [0.2, 0.25) is 0 Å². The molecule has 2 heterocycles. The molecule has 2 unspecified atom stereocenters. The first-order chi connectivity index (χ1) is 8.11. The van der Waals surface area contributed by atoms with Crippen molar-refractivity contribution in [2.75, 3.05) is 25.1 Å². The quantitative estimate of drug-likeness (QED) is 0.776. The van der Waals surface area contributed by atoms with Crippen LogP contribution in [0.5, 0.6) is 0 Å². The lowest BCUT2D eigenvalue weighted by Gasteiger charge is -2.35. The SMILES string of the molecule is COC1CN(c2ncc(C(C)=O)s2)CCC1C. The normalized spacial score (nSPS) is 25.0. The Morgan fingerprint density at radius 2 is 2.41 bits per heavy atom. The molecule has 4 nitrogen and oxygen atoms in total. The smallest absolute Gasteiger partial charge is 0.186 e. The molecule has 1 fully saturated rings. The summed E-state index contributed by atoms with van der Waals surface area (Å²) in [5.41, 5.74) is 0. The van der Waals surface area contributed by atoms with Gasteiger partial charge in [0.1, 0.15) is 0 Å². The number of rotatable bonds is 3. The Kier molecular flexibility index (Phi) is 3.79. The fourth-order valence-corrected chi connectivity index (χ4v) is 2.93. The fraction of sp³-hybridized carbons (Fsp3) is 0.667. The van der Waals surface area contributed by atoms with Crippen LogP contribution < -0.4 is 4.90 Å². The summed E-state index contributed by atoms with van der Waals surface area (Å²) in [6, 6.07) is 0. The molecule has 17 heavy (non-hydrogen) atoms. The molecule has 0 N–H and O–H groups in total. The van der Waals surface area contributed by atoms with Crippen molar-refractivity contribution in [1.29, 1.82) is 0 Å². The van der Waals surface area contributed by atoms with Crippen molar-refractivity contribution < 1.29 is 9.53 Å². The number of Topliss-reactive ketones (excluding diaryl/α,β-unsaturated/α-hetero) is 1. The summed E-state index contributed by atoms with van der Waals surface area (Å²) in [6.45, 7) is 5.65. The molecule has 0 amide bonds. The highest BCUT2D eigenvalue weighted by atomic mass is 32.1. The molecule has 0 saturated carbocycles. The molecule has 1 aliphatic heterocycles. The number of methoxy groups -OCH3 is 1. The van der Waals surface area contributed by atoms with Gasteiger partial charge in [0.2, 0.25) is 0 Å². The molecule has 1 aromatic heterocycles. The number of hydrogen-bond acceptors (Lipinski definition) is 5. The third-order valence-corrected chi connectivity index (χ3v) is 4.46. The molecule has 94 valence electrons. The van der Waals surface area contributed by atoms with Gasteiger partial charge in [0.05, 0.1) is 17.2 Å². The van der Waals surface area contributed by atoms with Crippen molar-refractivity contribution in [3.8, 4) is 0 Å². The minimum Gasteiger partial charge on any atom is -0.379 e. The second-order valence-corrected chi connectivity index (χ2v) is 5.56. The minimum atomic E-state index is 0.0856. The van der Waals surface area contributed by atoms with Crippen molar-refractivity contribution in [2.24, 2.45) is 5.92 Å². The summed E-state index contributed by atoms with van der Waals surface area (Å²) in [6.07, 6.45) is 3.03. The summed E-state index contributed by atoms with van der Waals surface area (Å²) >= 11 is 1.47. The molecule has 1 aromatic rings. The molecular weight excluding hydrogens is 236 g/mol. The van der Waals surface area contributed by atoms with Gasteiger partial charge in [-0.3, -0.25) is 4.79 Å². The van der Waals surface area contributed by atoms with E-state index in [1.165, 1.54) is 11.3 Å². The number of thiazole rings is 1. The van der Waals surface area contributed by atoms with E-state index in [2.05, 4.69) is 16.8 Å². The molecule has 5 heteroatoms. The third kappa shape index (κ3) is 2.66. The van der Waals surface area contributed by atoms with Crippen molar-refractivity contribution >= 4 is 22.3 Å². The number of aromatic nitrogens is 1. The zero-order valence-electron chi connectivity index (χ0n) is 10.5. The average molecular weight is 254 g/mol. The van der Waals surface area contributed by atoms with Gasteiger partial charge < -0.3 is 9.64 Å². The monoisotopic (exact) mass is 254 g/mol. The van der Waals surface area contributed by atoms with Gasteiger partial charge in [0.15, 0.2) is 10.9 Å². The maximum Gasteiger partial charge on any atom is 0.186 e. The summed E-state index contributed by atoms with van der Waals surface area (Å²) < 4.78 is 5.48. The number of ketones is 1. The van der Waals surface area contributed by atoms with Crippen molar-refractivity contribution in [1.82, 2.24) is 4.98 Å². The second-order valence-electron chi connectivity index (χ2n) is 4.55. The first-order valence-electron chi connectivity index (χ1n) is 5.86. The maximum atomic E-state index is 11.2. The van der Waals surface area contributed by atoms with Gasteiger partial charge in [-0.15, -0.1) is 0 Å². The van der Waals surface area contributed by atoms with Crippen LogP contribution in [-0.4, -0.2) is 37.1 Å². The Morgan fingerprint density at radius 1 is 1.65 bits per heavy atom. The highest BCUT2D eigenvalue weighted by Gasteiger charge is 2.27. The van der Waals surface area contributed by atoms with Crippen LogP contribution in [-0.2, 0) is 4.74 Å². The zero-order valence-corrected chi connectivity index (χ0v) is 11.3. The lowest BCUT2D eigenvalue weighted by Crippen LogP contribution is -2.43. The van der Waals surface area contributed by atoms with Gasteiger partial charge in [-0.25, -0.2) is 4.98 Å². The average Bonchev–Trinajstić information content (AvgIpc) is 2.79. The fourth-order valence-electron chi connectivity index (χ4n) is 2.09. The van der Waals surface area contributed by atoms with E-state index in [0.29, 0.717) is 5.92 Å². The first-order valence-corrected chi connectivity index (χ1v) is 6.68. The lowest BCUT2D eigenvalue weighted by molar-refractivity contribution is 0.0498. The molecular formula is C12H18N2O2S. The van der Waals surface area contributed by atoms with Crippen LogP contribution in [0.1, 0.15) is 29.9 Å². The summed E-state index contributed by atoms with van der Waals surface area (Å²) in [5.74, 6) is 0.672. The highest BCUT2D eigenvalue weighted by molar-refractivity contribution is 7.17. The van der Waals surface area contributed by atoms with Gasteiger partial charge in [0, 0.05) is 27.1 Å². The zero-order chi connectivity index (χ0) is 12.4.